The van der Waals surface area contributed by atoms with E-state index in [9.17, 15) is 14.7 Å². The third-order valence-electron chi connectivity index (χ3n) is 4.09. The summed E-state index contributed by atoms with van der Waals surface area (Å²) in [6.45, 7) is 0. The summed E-state index contributed by atoms with van der Waals surface area (Å²) >= 11 is 6.17. The number of carbonyl (C=O) groups excluding carboxylic acids is 1. The monoisotopic (exact) mass is 384 g/mol. The smallest absolute Gasteiger partial charge is 0.305 e. The predicted octanol–water partition coefficient (Wildman–Crippen LogP) is 3.84. The number of nitrogens with zero attached hydrogens (tertiary/aromatic N) is 1. The Morgan fingerprint density at radius 3 is 2.67 bits per heavy atom. The van der Waals surface area contributed by atoms with Crippen LogP contribution >= 0.6 is 11.6 Å². The van der Waals surface area contributed by atoms with Gasteiger partial charge in [0.1, 0.15) is 11.4 Å². The van der Waals surface area contributed by atoms with Crippen molar-refractivity contribution in [2.45, 2.75) is 12.5 Å². The lowest BCUT2D eigenvalue weighted by Crippen LogP contribution is -2.31. The number of rotatable bonds is 6. The molecule has 2 aromatic carbocycles. The second-order valence-corrected chi connectivity index (χ2v) is 6.31. The Labute approximate surface area is 160 Å². The topological polar surface area (TPSA) is 88.5 Å². The van der Waals surface area contributed by atoms with Crippen LogP contribution in [0.15, 0.2) is 54.6 Å². The van der Waals surface area contributed by atoms with Crippen molar-refractivity contribution in [3.63, 3.8) is 0 Å². The lowest BCUT2D eigenvalue weighted by molar-refractivity contribution is -0.137. The van der Waals surface area contributed by atoms with Gasteiger partial charge in [0, 0.05) is 10.4 Å². The first-order valence-corrected chi connectivity index (χ1v) is 8.57. The van der Waals surface area contributed by atoms with Crippen LogP contribution in [0.3, 0.4) is 0 Å². The van der Waals surface area contributed by atoms with Crippen LogP contribution in [0.5, 0.6) is 5.75 Å². The van der Waals surface area contributed by atoms with E-state index in [1.807, 2.05) is 6.07 Å². The minimum atomic E-state index is -1.04. The number of methoxy groups -OCH3 is 1. The van der Waals surface area contributed by atoms with Gasteiger partial charge in [-0.1, -0.05) is 35.9 Å². The fraction of sp³-hybridized carbons (Fsp3) is 0.150. The molecule has 0 bridgehead atoms. The number of benzene rings is 2. The number of halogens is 1. The normalized spacial score (nSPS) is 11.8. The van der Waals surface area contributed by atoms with Crippen LogP contribution in [0.2, 0.25) is 5.02 Å². The number of aromatic nitrogens is 1. The summed E-state index contributed by atoms with van der Waals surface area (Å²) in [6, 6.07) is 14.7. The highest BCUT2D eigenvalue weighted by molar-refractivity contribution is 6.31. The van der Waals surface area contributed by atoms with E-state index in [1.54, 1.807) is 55.6 Å². The zero-order valence-corrected chi connectivity index (χ0v) is 15.2. The van der Waals surface area contributed by atoms with Gasteiger partial charge in [-0.15, -0.1) is 0 Å². The molecule has 1 heterocycles. The van der Waals surface area contributed by atoms with Crippen molar-refractivity contribution in [1.29, 1.82) is 0 Å². The molecule has 1 amide bonds. The molecule has 3 rings (SSSR count). The zero-order chi connectivity index (χ0) is 19.4. The highest BCUT2D eigenvalue weighted by atomic mass is 35.5. The molecule has 0 saturated carbocycles. The molecule has 7 heteroatoms. The first kappa shape index (κ1) is 18.7. The fourth-order valence-corrected chi connectivity index (χ4v) is 3.03. The van der Waals surface area contributed by atoms with Crippen molar-refractivity contribution >= 4 is 34.4 Å². The van der Waals surface area contributed by atoms with Crippen LogP contribution in [0.25, 0.3) is 10.9 Å². The van der Waals surface area contributed by atoms with E-state index < -0.39 is 17.9 Å². The van der Waals surface area contributed by atoms with E-state index in [-0.39, 0.29) is 12.1 Å². The lowest BCUT2D eigenvalue weighted by atomic mass is 10.0. The first-order chi connectivity index (χ1) is 13.0. The van der Waals surface area contributed by atoms with E-state index in [1.165, 1.54) is 0 Å². The first-order valence-electron chi connectivity index (χ1n) is 8.20. The third-order valence-corrected chi connectivity index (χ3v) is 4.44. The Morgan fingerprint density at radius 1 is 1.19 bits per heavy atom. The third kappa shape index (κ3) is 4.35. The maximum atomic E-state index is 12.7. The standard InChI is InChI=1S/C20H17ClN2O4/c1-27-13-7-9-16-12(10-13)6-8-17(22-16)20(26)23-18(11-19(24)25)14-4-2-3-5-15(14)21/h2-10,18H,11H2,1H3,(H,23,26)(H,24,25). The van der Waals surface area contributed by atoms with E-state index in [0.717, 1.165) is 5.39 Å². The number of aliphatic carboxylic acids is 1. The number of nitrogens with one attached hydrogen (secondary N) is 1. The van der Waals surface area contributed by atoms with Crippen molar-refractivity contribution in [2.75, 3.05) is 7.11 Å². The molecule has 0 fully saturated rings. The molecule has 138 valence electrons. The molecule has 0 radical (unpaired) electrons. The van der Waals surface area contributed by atoms with Crippen molar-refractivity contribution in [3.8, 4) is 5.75 Å². The number of pyridine rings is 1. The Bertz CT molecular complexity index is 1010. The lowest BCUT2D eigenvalue weighted by Gasteiger charge is -2.18. The van der Waals surface area contributed by atoms with Gasteiger partial charge in [0.25, 0.3) is 5.91 Å². The van der Waals surface area contributed by atoms with Gasteiger partial charge in [-0.3, -0.25) is 9.59 Å². The minimum absolute atomic E-state index is 0.190. The minimum Gasteiger partial charge on any atom is -0.497 e. The summed E-state index contributed by atoms with van der Waals surface area (Å²) in [5.41, 5.74) is 1.37. The van der Waals surface area contributed by atoms with Gasteiger partial charge < -0.3 is 15.2 Å². The van der Waals surface area contributed by atoms with Gasteiger partial charge in [-0.25, -0.2) is 4.98 Å². The highest BCUT2D eigenvalue weighted by Gasteiger charge is 2.21. The molecule has 0 spiro atoms. The predicted molar refractivity (Wildman–Crippen MR) is 102 cm³/mol. The fourth-order valence-electron chi connectivity index (χ4n) is 2.76. The molecule has 3 aromatic rings. The largest absolute Gasteiger partial charge is 0.497 e. The number of fused-ring (bicyclic) bond motifs is 1. The number of carbonyl (C=O) groups is 2. The summed E-state index contributed by atoms with van der Waals surface area (Å²) < 4.78 is 5.17. The maximum Gasteiger partial charge on any atom is 0.305 e. The van der Waals surface area contributed by atoms with Crippen LogP contribution in [0, 0.1) is 0 Å². The van der Waals surface area contributed by atoms with Crippen molar-refractivity contribution < 1.29 is 19.4 Å². The van der Waals surface area contributed by atoms with E-state index in [2.05, 4.69) is 10.3 Å². The molecule has 0 saturated heterocycles. The Kier molecular flexibility index (Phi) is 5.57. The molecule has 1 unspecified atom stereocenters. The van der Waals surface area contributed by atoms with Gasteiger partial charge >= 0.3 is 5.97 Å². The van der Waals surface area contributed by atoms with Crippen LogP contribution < -0.4 is 10.1 Å². The summed E-state index contributed by atoms with van der Waals surface area (Å²) in [6.07, 6.45) is -0.291. The van der Waals surface area contributed by atoms with E-state index in [4.69, 9.17) is 16.3 Å². The van der Waals surface area contributed by atoms with E-state index in [0.29, 0.717) is 21.9 Å². The second-order valence-electron chi connectivity index (χ2n) is 5.90. The Balaban J connectivity index is 1.88. The Morgan fingerprint density at radius 2 is 1.96 bits per heavy atom. The van der Waals surface area contributed by atoms with Gasteiger partial charge in [0.05, 0.1) is 25.1 Å². The van der Waals surface area contributed by atoms with Crippen molar-refractivity contribution in [1.82, 2.24) is 10.3 Å². The van der Waals surface area contributed by atoms with Gasteiger partial charge in [-0.05, 0) is 35.9 Å². The molecule has 0 aliphatic carbocycles. The van der Waals surface area contributed by atoms with Gasteiger partial charge in [0.2, 0.25) is 0 Å². The zero-order valence-electron chi connectivity index (χ0n) is 14.5. The number of amides is 1. The number of hydrogen-bond donors (Lipinski definition) is 2. The van der Waals surface area contributed by atoms with Crippen LogP contribution in [0.4, 0.5) is 0 Å². The molecule has 1 atom stereocenters. The summed E-state index contributed by atoms with van der Waals surface area (Å²) in [7, 11) is 1.58. The molecule has 27 heavy (non-hydrogen) atoms. The van der Waals surface area contributed by atoms with Crippen LogP contribution in [-0.4, -0.2) is 29.1 Å². The van der Waals surface area contributed by atoms with Gasteiger partial charge in [0.15, 0.2) is 0 Å². The van der Waals surface area contributed by atoms with Crippen LogP contribution in [-0.2, 0) is 4.79 Å². The Hall–Kier alpha value is -3.12. The maximum absolute atomic E-state index is 12.7. The number of hydrogen-bond acceptors (Lipinski definition) is 4. The summed E-state index contributed by atoms with van der Waals surface area (Å²) in [5, 5.41) is 13.1. The quantitative estimate of drug-likeness (QED) is 0.674. The second kappa shape index (κ2) is 8.05. The average molecular weight is 385 g/mol. The molecule has 2 N–H and O–H groups in total. The van der Waals surface area contributed by atoms with Crippen molar-refractivity contribution in [2.24, 2.45) is 0 Å². The highest BCUT2D eigenvalue weighted by Crippen LogP contribution is 2.26. The summed E-state index contributed by atoms with van der Waals surface area (Å²) in [5.74, 6) is -0.820. The summed E-state index contributed by atoms with van der Waals surface area (Å²) in [4.78, 5) is 28.2. The average Bonchev–Trinajstić information content (AvgIpc) is 2.66. The van der Waals surface area contributed by atoms with Crippen LogP contribution in [0.1, 0.15) is 28.5 Å². The molecule has 6 nitrogen and oxygen atoms in total. The SMILES string of the molecule is COc1ccc2nc(C(=O)NC(CC(=O)O)c3ccccc3Cl)ccc2c1. The molecule has 1 aromatic heterocycles. The molecular formula is C20H17ClN2O4. The molecule has 0 aliphatic heterocycles. The van der Waals surface area contributed by atoms with Gasteiger partial charge in [-0.2, -0.15) is 0 Å². The number of carboxylic acids is 1. The molecule has 0 aliphatic rings. The van der Waals surface area contributed by atoms with Crippen molar-refractivity contribution in [3.05, 3.63) is 70.9 Å². The number of carboxylic acid groups (broad SMARTS) is 1. The number of ether oxygens (including phenoxy) is 1. The van der Waals surface area contributed by atoms with E-state index >= 15 is 0 Å². The molecular weight excluding hydrogens is 368 g/mol.